The molecular formula is C15H19ClN2. The first kappa shape index (κ1) is 13.3. The third-order valence-electron chi connectivity index (χ3n) is 2.98. The van der Waals surface area contributed by atoms with Gasteiger partial charge in [0.2, 0.25) is 0 Å². The van der Waals surface area contributed by atoms with Crippen LogP contribution in [-0.4, -0.2) is 17.4 Å². The van der Waals surface area contributed by atoms with Crippen LogP contribution < -0.4 is 5.32 Å². The largest absolute Gasteiger partial charge is 0.313 e. The second kappa shape index (κ2) is 6.72. The third kappa shape index (κ3) is 3.44. The van der Waals surface area contributed by atoms with Crippen LogP contribution in [0.5, 0.6) is 0 Å². The zero-order valence-electron chi connectivity index (χ0n) is 10.7. The molecule has 2 rings (SSSR count). The predicted octanol–water partition coefficient (Wildman–Crippen LogP) is 3.65. The van der Waals surface area contributed by atoms with E-state index in [0.29, 0.717) is 0 Å². The van der Waals surface area contributed by atoms with Crippen LogP contribution in [-0.2, 0) is 6.54 Å². The minimum absolute atomic E-state index is 0.749. The van der Waals surface area contributed by atoms with Crippen LogP contribution in [0.2, 0.25) is 0 Å². The molecule has 1 aromatic carbocycles. The number of alkyl halides is 1. The van der Waals surface area contributed by atoms with Crippen molar-refractivity contribution < 1.29 is 0 Å². The zero-order chi connectivity index (χ0) is 12.8. The summed E-state index contributed by atoms with van der Waals surface area (Å²) in [5, 5.41) is 4.71. The van der Waals surface area contributed by atoms with Crippen molar-refractivity contribution in [3.8, 4) is 0 Å². The van der Waals surface area contributed by atoms with Crippen molar-refractivity contribution in [2.75, 3.05) is 12.4 Å². The molecule has 96 valence electrons. The quantitative estimate of drug-likeness (QED) is 0.635. The number of nitrogens with zero attached hydrogens (tertiary/aromatic N) is 1. The molecule has 2 aromatic rings. The monoisotopic (exact) mass is 262 g/mol. The molecule has 0 aliphatic heterocycles. The minimum atomic E-state index is 0.749. The van der Waals surface area contributed by atoms with Crippen molar-refractivity contribution in [1.29, 1.82) is 0 Å². The van der Waals surface area contributed by atoms with Gasteiger partial charge in [0.25, 0.3) is 0 Å². The highest BCUT2D eigenvalue weighted by molar-refractivity contribution is 6.17. The van der Waals surface area contributed by atoms with E-state index < -0.39 is 0 Å². The molecule has 0 saturated heterocycles. The van der Waals surface area contributed by atoms with Crippen molar-refractivity contribution >= 4 is 22.5 Å². The highest BCUT2D eigenvalue weighted by Gasteiger charge is 2.02. The Labute approximate surface area is 113 Å². The van der Waals surface area contributed by atoms with Crippen molar-refractivity contribution in [2.45, 2.75) is 26.3 Å². The van der Waals surface area contributed by atoms with Gasteiger partial charge in [0, 0.05) is 23.5 Å². The second-order valence-corrected chi connectivity index (χ2v) is 4.89. The second-order valence-electron chi connectivity index (χ2n) is 4.51. The Kier molecular flexibility index (Phi) is 4.97. The normalized spacial score (nSPS) is 11.0. The molecule has 1 heterocycles. The number of aryl methyl sites for hydroxylation is 1. The van der Waals surface area contributed by atoms with Gasteiger partial charge >= 0.3 is 0 Å². The molecule has 0 aliphatic rings. The number of nitrogens with one attached hydrogen (secondary N) is 1. The van der Waals surface area contributed by atoms with Crippen LogP contribution in [0.1, 0.15) is 24.1 Å². The topological polar surface area (TPSA) is 24.9 Å². The number of fused-ring (bicyclic) bond motifs is 1. The fourth-order valence-electron chi connectivity index (χ4n) is 2.11. The Morgan fingerprint density at radius 2 is 2.06 bits per heavy atom. The molecule has 1 N–H and O–H groups in total. The molecule has 0 atom stereocenters. The molecule has 0 spiro atoms. The molecule has 3 heteroatoms. The molecule has 0 aliphatic carbocycles. The maximum absolute atomic E-state index is 5.66. The first-order valence-corrected chi connectivity index (χ1v) is 6.96. The molecule has 0 unspecified atom stereocenters. The van der Waals surface area contributed by atoms with Crippen LogP contribution >= 0.6 is 11.6 Å². The van der Waals surface area contributed by atoms with Gasteiger partial charge in [-0.25, -0.2) is 0 Å². The maximum atomic E-state index is 5.66. The SMILES string of the molecule is Cc1cc(CNCCCCCl)c2ccccc2n1. The highest BCUT2D eigenvalue weighted by atomic mass is 35.5. The number of hydrogen-bond donors (Lipinski definition) is 1. The summed E-state index contributed by atoms with van der Waals surface area (Å²) in [5.74, 6) is 0.749. The Hall–Kier alpha value is -1.12. The first-order valence-electron chi connectivity index (χ1n) is 6.43. The number of benzene rings is 1. The average Bonchev–Trinajstić information content (AvgIpc) is 2.38. The van der Waals surface area contributed by atoms with E-state index in [0.717, 1.165) is 43.0 Å². The van der Waals surface area contributed by atoms with Gasteiger partial charge < -0.3 is 5.32 Å². The van der Waals surface area contributed by atoms with E-state index in [4.69, 9.17) is 11.6 Å². The minimum Gasteiger partial charge on any atom is -0.313 e. The van der Waals surface area contributed by atoms with E-state index in [2.05, 4.69) is 34.6 Å². The fourth-order valence-corrected chi connectivity index (χ4v) is 2.30. The van der Waals surface area contributed by atoms with Gasteiger partial charge in [-0.15, -0.1) is 11.6 Å². The van der Waals surface area contributed by atoms with Crippen LogP contribution in [0.25, 0.3) is 10.9 Å². The number of hydrogen-bond acceptors (Lipinski definition) is 2. The van der Waals surface area contributed by atoms with Crippen molar-refractivity contribution in [3.05, 3.63) is 41.6 Å². The van der Waals surface area contributed by atoms with Crippen LogP contribution in [0.3, 0.4) is 0 Å². The standard InChI is InChI=1S/C15H19ClN2/c1-12-10-13(11-17-9-5-4-8-16)14-6-2-3-7-15(14)18-12/h2-3,6-7,10,17H,4-5,8-9,11H2,1H3. The maximum Gasteiger partial charge on any atom is 0.0708 e. The summed E-state index contributed by atoms with van der Waals surface area (Å²) in [5.41, 5.74) is 3.48. The molecule has 0 fully saturated rings. The Morgan fingerprint density at radius 3 is 2.89 bits per heavy atom. The summed E-state index contributed by atoms with van der Waals surface area (Å²) in [6.45, 7) is 3.96. The lowest BCUT2D eigenvalue weighted by Crippen LogP contribution is -2.15. The molecule has 1 aromatic heterocycles. The molecule has 0 saturated carbocycles. The lowest BCUT2D eigenvalue weighted by atomic mass is 10.1. The van der Waals surface area contributed by atoms with E-state index >= 15 is 0 Å². The summed E-state index contributed by atoms with van der Waals surface area (Å²) in [6, 6.07) is 10.5. The zero-order valence-corrected chi connectivity index (χ0v) is 11.5. The van der Waals surface area contributed by atoms with E-state index in [1.807, 2.05) is 13.0 Å². The van der Waals surface area contributed by atoms with E-state index in [9.17, 15) is 0 Å². The van der Waals surface area contributed by atoms with Gasteiger partial charge in [-0.05, 0) is 44.0 Å². The number of halogens is 1. The lowest BCUT2D eigenvalue weighted by molar-refractivity contribution is 0.644. The summed E-state index contributed by atoms with van der Waals surface area (Å²) in [4.78, 5) is 4.55. The summed E-state index contributed by atoms with van der Waals surface area (Å²) >= 11 is 5.66. The van der Waals surface area contributed by atoms with Gasteiger partial charge in [0.15, 0.2) is 0 Å². The number of para-hydroxylation sites is 1. The summed E-state index contributed by atoms with van der Waals surface area (Å²) in [6.07, 6.45) is 2.20. The fraction of sp³-hybridized carbons (Fsp3) is 0.400. The number of pyridine rings is 1. The van der Waals surface area contributed by atoms with E-state index in [1.165, 1.54) is 10.9 Å². The van der Waals surface area contributed by atoms with Gasteiger partial charge in [-0.1, -0.05) is 18.2 Å². The van der Waals surface area contributed by atoms with Crippen LogP contribution in [0, 0.1) is 6.92 Å². The van der Waals surface area contributed by atoms with Crippen molar-refractivity contribution in [1.82, 2.24) is 10.3 Å². The lowest BCUT2D eigenvalue weighted by Gasteiger charge is -2.09. The van der Waals surface area contributed by atoms with Crippen LogP contribution in [0.4, 0.5) is 0 Å². The average molecular weight is 263 g/mol. The van der Waals surface area contributed by atoms with E-state index in [1.54, 1.807) is 0 Å². The number of rotatable bonds is 6. The molecule has 0 radical (unpaired) electrons. The first-order chi connectivity index (χ1) is 8.81. The molecule has 0 amide bonds. The van der Waals surface area contributed by atoms with Crippen LogP contribution in [0.15, 0.2) is 30.3 Å². The van der Waals surface area contributed by atoms with Gasteiger partial charge in [0.05, 0.1) is 5.52 Å². The van der Waals surface area contributed by atoms with Gasteiger partial charge in [-0.3, -0.25) is 4.98 Å². The summed E-state index contributed by atoms with van der Waals surface area (Å²) in [7, 11) is 0. The van der Waals surface area contributed by atoms with Crippen molar-refractivity contribution in [3.63, 3.8) is 0 Å². The van der Waals surface area contributed by atoms with Crippen molar-refractivity contribution in [2.24, 2.45) is 0 Å². The number of aromatic nitrogens is 1. The molecule has 2 nitrogen and oxygen atoms in total. The predicted molar refractivity (Wildman–Crippen MR) is 78.1 cm³/mol. The molecule has 18 heavy (non-hydrogen) atoms. The Morgan fingerprint density at radius 1 is 1.22 bits per heavy atom. The molecular weight excluding hydrogens is 244 g/mol. The number of unbranched alkanes of at least 4 members (excludes halogenated alkanes) is 1. The smallest absolute Gasteiger partial charge is 0.0708 e. The van der Waals surface area contributed by atoms with Gasteiger partial charge in [0.1, 0.15) is 0 Å². The Balaban J connectivity index is 2.07. The third-order valence-corrected chi connectivity index (χ3v) is 3.25. The van der Waals surface area contributed by atoms with Gasteiger partial charge in [-0.2, -0.15) is 0 Å². The van der Waals surface area contributed by atoms with E-state index in [-0.39, 0.29) is 0 Å². The molecule has 0 bridgehead atoms. The highest BCUT2D eigenvalue weighted by Crippen LogP contribution is 2.17. The Bertz CT molecular complexity index is 511. The summed E-state index contributed by atoms with van der Waals surface area (Å²) < 4.78 is 0.